The SMILES string of the molecule is Cc1sc(N)c(C2=NC(C3CC3)N(C)O2)c1C. The fourth-order valence-corrected chi connectivity index (χ4v) is 3.17. The maximum Gasteiger partial charge on any atom is 0.245 e. The summed E-state index contributed by atoms with van der Waals surface area (Å²) < 4.78 is 0. The number of nitrogens with two attached hydrogens (primary N) is 1. The Balaban J connectivity index is 1.96. The highest BCUT2D eigenvalue weighted by atomic mass is 32.1. The summed E-state index contributed by atoms with van der Waals surface area (Å²) in [7, 11) is 1.95. The largest absolute Gasteiger partial charge is 0.390 e. The van der Waals surface area contributed by atoms with E-state index in [2.05, 4.69) is 18.8 Å². The number of hydrogen-bond donors (Lipinski definition) is 1. The maximum atomic E-state index is 6.04. The Labute approximate surface area is 105 Å². The van der Waals surface area contributed by atoms with E-state index >= 15 is 0 Å². The Morgan fingerprint density at radius 1 is 1.41 bits per heavy atom. The quantitative estimate of drug-likeness (QED) is 0.877. The van der Waals surface area contributed by atoms with Crippen LogP contribution in [0.4, 0.5) is 5.00 Å². The molecule has 0 radical (unpaired) electrons. The molecular formula is C12H17N3OS. The van der Waals surface area contributed by atoms with Gasteiger partial charge < -0.3 is 10.6 Å². The molecule has 1 atom stereocenters. The topological polar surface area (TPSA) is 50.8 Å². The van der Waals surface area contributed by atoms with Crippen molar-refractivity contribution in [2.45, 2.75) is 32.9 Å². The van der Waals surface area contributed by atoms with Crippen molar-refractivity contribution < 1.29 is 4.84 Å². The van der Waals surface area contributed by atoms with Crippen LogP contribution in [0.2, 0.25) is 0 Å². The van der Waals surface area contributed by atoms with Crippen molar-refractivity contribution in [3.63, 3.8) is 0 Å². The van der Waals surface area contributed by atoms with E-state index in [0.29, 0.717) is 11.8 Å². The van der Waals surface area contributed by atoms with E-state index in [1.165, 1.54) is 23.3 Å². The lowest BCUT2D eigenvalue weighted by Crippen LogP contribution is -2.26. The van der Waals surface area contributed by atoms with Gasteiger partial charge in [0.15, 0.2) is 0 Å². The van der Waals surface area contributed by atoms with Crippen molar-refractivity contribution in [2.75, 3.05) is 12.8 Å². The zero-order chi connectivity index (χ0) is 12.2. The lowest BCUT2D eigenvalue weighted by atomic mass is 10.1. The number of rotatable bonds is 2. The summed E-state index contributed by atoms with van der Waals surface area (Å²) >= 11 is 1.61. The van der Waals surface area contributed by atoms with E-state index in [-0.39, 0.29) is 6.17 Å². The van der Waals surface area contributed by atoms with Crippen LogP contribution in [0.25, 0.3) is 0 Å². The molecule has 0 aromatic carbocycles. The highest BCUT2D eigenvalue weighted by Gasteiger charge is 2.40. The van der Waals surface area contributed by atoms with Crippen LogP contribution in [0.1, 0.15) is 28.8 Å². The van der Waals surface area contributed by atoms with Crippen LogP contribution < -0.4 is 5.73 Å². The first-order valence-electron chi connectivity index (χ1n) is 5.92. The highest BCUT2D eigenvalue weighted by molar-refractivity contribution is 7.16. The third kappa shape index (κ3) is 1.73. The Morgan fingerprint density at radius 2 is 2.12 bits per heavy atom. The van der Waals surface area contributed by atoms with Crippen LogP contribution in [0, 0.1) is 19.8 Å². The molecule has 2 heterocycles. The molecule has 0 bridgehead atoms. The molecule has 0 saturated heterocycles. The predicted molar refractivity (Wildman–Crippen MR) is 70.1 cm³/mol. The molecule has 4 nitrogen and oxygen atoms in total. The van der Waals surface area contributed by atoms with Gasteiger partial charge in [-0.15, -0.1) is 16.4 Å². The third-order valence-electron chi connectivity index (χ3n) is 3.52. The number of nitrogens with zero attached hydrogens (tertiary/aromatic N) is 2. The lowest BCUT2D eigenvalue weighted by molar-refractivity contribution is -0.0620. The summed E-state index contributed by atoms with van der Waals surface area (Å²) in [5, 5.41) is 2.67. The summed E-state index contributed by atoms with van der Waals surface area (Å²) in [6, 6.07) is 0. The van der Waals surface area contributed by atoms with Gasteiger partial charge in [0.1, 0.15) is 6.17 Å². The fraction of sp³-hybridized carbons (Fsp3) is 0.583. The molecule has 2 N–H and O–H groups in total. The monoisotopic (exact) mass is 251 g/mol. The number of anilines is 1. The van der Waals surface area contributed by atoms with Crippen molar-refractivity contribution in [3.05, 3.63) is 16.0 Å². The number of aliphatic imine (C=N–C) groups is 1. The second-order valence-corrected chi connectivity index (χ2v) is 6.10. The molecule has 1 saturated carbocycles. The van der Waals surface area contributed by atoms with Gasteiger partial charge in [-0.05, 0) is 38.2 Å². The van der Waals surface area contributed by atoms with Gasteiger partial charge in [0, 0.05) is 11.9 Å². The molecule has 3 rings (SSSR count). The average molecular weight is 251 g/mol. The second kappa shape index (κ2) is 3.71. The molecule has 2 aliphatic rings. The first-order valence-corrected chi connectivity index (χ1v) is 6.74. The van der Waals surface area contributed by atoms with E-state index < -0.39 is 0 Å². The minimum Gasteiger partial charge on any atom is -0.390 e. The second-order valence-electron chi connectivity index (χ2n) is 4.85. The summed E-state index contributed by atoms with van der Waals surface area (Å²) in [5.74, 6) is 1.36. The molecule has 0 spiro atoms. The van der Waals surface area contributed by atoms with Crippen molar-refractivity contribution in [1.82, 2.24) is 5.06 Å². The molecule has 1 aliphatic heterocycles. The molecule has 1 aliphatic carbocycles. The van der Waals surface area contributed by atoms with Gasteiger partial charge in [-0.3, -0.25) is 0 Å². The summed E-state index contributed by atoms with van der Waals surface area (Å²) in [6.07, 6.45) is 2.70. The van der Waals surface area contributed by atoms with Gasteiger partial charge in [-0.1, -0.05) is 0 Å². The van der Waals surface area contributed by atoms with Gasteiger partial charge in [0.05, 0.1) is 10.6 Å². The lowest BCUT2D eigenvalue weighted by Gasteiger charge is -2.14. The van der Waals surface area contributed by atoms with Crippen LogP contribution in [0.3, 0.4) is 0 Å². The smallest absolute Gasteiger partial charge is 0.245 e. The summed E-state index contributed by atoms with van der Waals surface area (Å²) in [4.78, 5) is 11.7. The van der Waals surface area contributed by atoms with E-state index in [0.717, 1.165) is 10.6 Å². The molecule has 1 aromatic heterocycles. The van der Waals surface area contributed by atoms with Crippen molar-refractivity contribution in [2.24, 2.45) is 10.9 Å². The molecular weight excluding hydrogens is 234 g/mol. The normalized spacial score (nSPS) is 24.9. The maximum absolute atomic E-state index is 6.04. The Kier molecular flexibility index (Phi) is 2.41. The number of aryl methyl sites for hydroxylation is 1. The van der Waals surface area contributed by atoms with Crippen molar-refractivity contribution in [1.29, 1.82) is 0 Å². The Bertz CT molecular complexity index is 490. The molecule has 17 heavy (non-hydrogen) atoms. The molecule has 1 aromatic rings. The molecule has 1 unspecified atom stereocenters. The van der Waals surface area contributed by atoms with Gasteiger partial charge in [-0.25, -0.2) is 4.99 Å². The fourth-order valence-electron chi connectivity index (χ4n) is 2.24. The predicted octanol–water partition coefficient (Wildman–Crippen LogP) is 2.31. The van der Waals surface area contributed by atoms with Gasteiger partial charge in [0.25, 0.3) is 0 Å². The minimum atomic E-state index is 0.184. The van der Waals surface area contributed by atoms with Gasteiger partial charge in [0.2, 0.25) is 5.90 Å². The van der Waals surface area contributed by atoms with Crippen LogP contribution in [-0.2, 0) is 4.84 Å². The zero-order valence-electron chi connectivity index (χ0n) is 10.4. The molecule has 1 fully saturated rings. The van der Waals surface area contributed by atoms with E-state index in [1.807, 2.05) is 12.1 Å². The zero-order valence-corrected chi connectivity index (χ0v) is 11.2. The third-order valence-corrected chi connectivity index (χ3v) is 4.56. The molecule has 0 amide bonds. The minimum absolute atomic E-state index is 0.184. The standard InChI is InChI=1S/C12H17N3OS/c1-6-7(2)17-10(13)9(6)12-14-11(8-4-5-8)15(3)16-12/h8,11H,4-5,13H2,1-3H3. The van der Waals surface area contributed by atoms with E-state index in [9.17, 15) is 0 Å². The van der Waals surface area contributed by atoms with Crippen LogP contribution in [0.15, 0.2) is 4.99 Å². The first-order chi connectivity index (χ1) is 8.08. The van der Waals surface area contributed by atoms with Gasteiger partial charge >= 0.3 is 0 Å². The van der Waals surface area contributed by atoms with E-state index in [1.54, 1.807) is 11.3 Å². The first kappa shape index (κ1) is 11.0. The van der Waals surface area contributed by atoms with Crippen molar-refractivity contribution in [3.8, 4) is 0 Å². The number of hydroxylamine groups is 2. The summed E-state index contributed by atoms with van der Waals surface area (Å²) in [6.45, 7) is 4.16. The van der Waals surface area contributed by atoms with Crippen LogP contribution in [0.5, 0.6) is 0 Å². The molecule has 5 heteroatoms. The molecule has 92 valence electrons. The number of nitrogen functional groups attached to an aromatic ring is 1. The average Bonchev–Trinajstić information content (AvgIpc) is 2.98. The Hall–Kier alpha value is -1.07. The highest BCUT2D eigenvalue weighted by Crippen LogP contribution is 2.39. The summed E-state index contributed by atoms with van der Waals surface area (Å²) in [5.41, 5.74) is 8.22. The van der Waals surface area contributed by atoms with Gasteiger partial charge in [-0.2, -0.15) is 0 Å². The number of hydrogen-bond acceptors (Lipinski definition) is 5. The number of thiophene rings is 1. The van der Waals surface area contributed by atoms with E-state index in [4.69, 9.17) is 10.6 Å². The van der Waals surface area contributed by atoms with Crippen molar-refractivity contribution >= 4 is 22.2 Å². The Morgan fingerprint density at radius 3 is 2.65 bits per heavy atom. The van der Waals surface area contributed by atoms with Crippen LogP contribution >= 0.6 is 11.3 Å². The van der Waals surface area contributed by atoms with Crippen LogP contribution in [-0.4, -0.2) is 24.2 Å².